The molecule has 0 heterocycles. The fourth-order valence-electron chi connectivity index (χ4n) is 1.13. The molecule has 1 aromatic carbocycles. The largest absolute Gasteiger partial charge is 0.398 e. The van der Waals surface area contributed by atoms with Crippen molar-refractivity contribution in [2.75, 3.05) is 12.3 Å². The summed E-state index contributed by atoms with van der Waals surface area (Å²) in [5.74, 6) is 0. The molecule has 0 fully saturated rings. The molecular formula is C9H14N2O. The lowest BCUT2D eigenvalue weighted by atomic mass is 10.0. The van der Waals surface area contributed by atoms with Gasteiger partial charge in [0.05, 0.1) is 12.6 Å². The van der Waals surface area contributed by atoms with Crippen LogP contribution in [0, 0.1) is 6.92 Å². The molecule has 0 aliphatic heterocycles. The first-order chi connectivity index (χ1) is 5.66. The Morgan fingerprint density at radius 3 is 2.75 bits per heavy atom. The van der Waals surface area contributed by atoms with Gasteiger partial charge in [-0.3, -0.25) is 0 Å². The highest BCUT2D eigenvalue weighted by atomic mass is 16.3. The third-order valence-corrected chi connectivity index (χ3v) is 1.95. The van der Waals surface area contributed by atoms with Crippen molar-refractivity contribution < 1.29 is 5.11 Å². The normalized spacial score (nSPS) is 12.9. The van der Waals surface area contributed by atoms with Crippen molar-refractivity contribution in [2.45, 2.75) is 13.0 Å². The van der Waals surface area contributed by atoms with Gasteiger partial charge >= 0.3 is 0 Å². The topological polar surface area (TPSA) is 72.3 Å². The van der Waals surface area contributed by atoms with Crippen LogP contribution in [0.3, 0.4) is 0 Å². The van der Waals surface area contributed by atoms with Crippen LogP contribution in [0.4, 0.5) is 5.69 Å². The Morgan fingerprint density at radius 1 is 1.50 bits per heavy atom. The Morgan fingerprint density at radius 2 is 2.17 bits per heavy atom. The first-order valence-electron chi connectivity index (χ1n) is 3.88. The van der Waals surface area contributed by atoms with Gasteiger partial charge in [-0.05, 0) is 18.1 Å². The van der Waals surface area contributed by atoms with Gasteiger partial charge < -0.3 is 16.6 Å². The van der Waals surface area contributed by atoms with Crippen LogP contribution in [0.2, 0.25) is 0 Å². The number of hydrogen-bond donors (Lipinski definition) is 3. The maximum Gasteiger partial charge on any atom is 0.0625 e. The Hall–Kier alpha value is -1.06. The second kappa shape index (κ2) is 3.56. The van der Waals surface area contributed by atoms with E-state index in [0.29, 0.717) is 5.69 Å². The number of benzene rings is 1. The number of para-hydroxylation sites is 1. The average Bonchev–Trinajstić information content (AvgIpc) is 2.08. The smallest absolute Gasteiger partial charge is 0.0625 e. The molecule has 1 aromatic rings. The van der Waals surface area contributed by atoms with E-state index in [2.05, 4.69) is 0 Å². The summed E-state index contributed by atoms with van der Waals surface area (Å²) >= 11 is 0. The Labute approximate surface area is 72.0 Å². The molecule has 3 nitrogen and oxygen atoms in total. The molecule has 0 spiro atoms. The summed E-state index contributed by atoms with van der Waals surface area (Å²) in [6.45, 7) is 1.84. The molecule has 0 radical (unpaired) electrons. The monoisotopic (exact) mass is 166 g/mol. The summed E-state index contributed by atoms with van der Waals surface area (Å²) in [6, 6.07) is 5.27. The van der Waals surface area contributed by atoms with E-state index < -0.39 is 0 Å². The molecule has 0 amide bonds. The van der Waals surface area contributed by atoms with Gasteiger partial charge in [0.2, 0.25) is 0 Å². The number of aliphatic hydroxyl groups is 1. The van der Waals surface area contributed by atoms with Crippen molar-refractivity contribution in [3.05, 3.63) is 29.3 Å². The molecule has 0 aliphatic rings. The zero-order valence-corrected chi connectivity index (χ0v) is 7.12. The fourth-order valence-corrected chi connectivity index (χ4v) is 1.13. The van der Waals surface area contributed by atoms with Gasteiger partial charge in [0.1, 0.15) is 0 Å². The number of anilines is 1. The van der Waals surface area contributed by atoms with Crippen LogP contribution in [0.25, 0.3) is 0 Å². The summed E-state index contributed by atoms with van der Waals surface area (Å²) in [5.41, 5.74) is 13.9. The number of nitrogens with two attached hydrogens (primary N) is 2. The van der Waals surface area contributed by atoms with E-state index in [9.17, 15) is 0 Å². The van der Waals surface area contributed by atoms with Crippen molar-refractivity contribution in [1.82, 2.24) is 0 Å². The second-order valence-corrected chi connectivity index (χ2v) is 2.87. The molecular weight excluding hydrogens is 152 g/mol. The van der Waals surface area contributed by atoms with Crippen LogP contribution < -0.4 is 11.5 Å². The van der Waals surface area contributed by atoms with E-state index in [1.165, 1.54) is 0 Å². The zero-order chi connectivity index (χ0) is 9.14. The lowest BCUT2D eigenvalue weighted by molar-refractivity contribution is 0.268. The van der Waals surface area contributed by atoms with Crippen LogP contribution in [0.1, 0.15) is 17.2 Å². The fraction of sp³-hybridized carbons (Fsp3) is 0.333. The van der Waals surface area contributed by atoms with Gasteiger partial charge in [-0.15, -0.1) is 0 Å². The van der Waals surface area contributed by atoms with Crippen LogP contribution in [-0.4, -0.2) is 11.7 Å². The number of rotatable bonds is 2. The van der Waals surface area contributed by atoms with Gasteiger partial charge in [-0.25, -0.2) is 0 Å². The van der Waals surface area contributed by atoms with Crippen molar-refractivity contribution in [3.63, 3.8) is 0 Å². The van der Waals surface area contributed by atoms with Crippen molar-refractivity contribution in [2.24, 2.45) is 5.73 Å². The first kappa shape index (κ1) is 9.03. The third kappa shape index (κ3) is 1.57. The van der Waals surface area contributed by atoms with E-state index in [1.807, 2.05) is 25.1 Å². The summed E-state index contributed by atoms with van der Waals surface area (Å²) in [4.78, 5) is 0. The first-order valence-corrected chi connectivity index (χ1v) is 3.88. The molecule has 66 valence electrons. The molecule has 12 heavy (non-hydrogen) atoms. The molecule has 3 heteroatoms. The van der Waals surface area contributed by atoms with E-state index in [1.54, 1.807) is 0 Å². The minimum absolute atomic E-state index is 0.0757. The highest BCUT2D eigenvalue weighted by molar-refractivity contribution is 5.54. The summed E-state index contributed by atoms with van der Waals surface area (Å²) in [5, 5.41) is 8.82. The van der Waals surface area contributed by atoms with Crippen molar-refractivity contribution >= 4 is 5.69 Å². The predicted molar refractivity (Wildman–Crippen MR) is 49.6 cm³/mol. The lowest BCUT2D eigenvalue weighted by Crippen LogP contribution is -2.16. The second-order valence-electron chi connectivity index (χ2n) is 2.87. The quantitative estimate of drug-likeness (QED) is 0.562. The molecule has 0 bridgehead atoms. The molecule has 0 saturated heterocycles. The summed E-state index contributed by atoms with van der Waals surface area (Å²) < 4.78 is 0. The predicted octanol–water partition coefficient (Wildman–Crippen LogP) is 0.569. The molecule has 0 aromatic heterocycles. The van der Waals surface area contributed by atoms with Gasteiger partial charge in [0, 0.05) is 5.69 Å². The molecule has 1 atom stereocenters. The number of aryl methyl sites for hydroxylation is 1. The summed E-state index contributed by atoms with van der Waals surface area (Å²) in [6.07, 6.45) is 0. The van der Waals surface area contributed by atoms with Gasteiger partial charge in [0.25, 0.3) is 0 Å². The highest BCUT2D eigenvalue weighted by Gasteiger charge is 2.08. The Kier molecular flexibility index (Phi) is 2.68. The Bertz CT molecular complexity index is 273. The van der Waals surface area contributed by atoms with E-state index in [-0.39, 0.29) is 12.6 Å². The van der Waals surface area contributed by atoms with E-state index in [4.69, 9.17) is 16.6 Å². The maximum absolute atomic E-state index is 8.82. The highest BCUT2D eigenvalue weighted by Crippen LogP contribution is 2.21. The number of nitrogen functional groups attached to an aromatic ring is 1. The molecule has 0 saturated carbocycles. The summed E-state index contributed by atoms with van der Waals surface area (Å²) in [7, 11) is 0. The SMILES string of the molecule is Cc1cccc(C(N)CO)c1N. The van der Waals surface area contributed by atoms with Crippen LogP contribution in [0.15, 0.2) is 18.2 Å². The standard InChI is InChI=1S/C9H14N2O/c1-6-3-2-4-7(9(6)11)8(10)5-12/h2-4,8,12H,5,10-11H2,1H3. The molecule has 1 unspecified atom stereocenters. The minimum atomic E-state index is -0.370. The minimum Gasteiger partial charge on any atom is -0.398 e. The maximum atomic E-state index is 8.82. The third-order valence-electron chi connectivity index (χ3n) is 1.95. The van der Waals surface area contributed by atoms with Crippen LogP contribution in [-0.2, 0) is 0 Å². The van der Waals surface area contributed by atoms with E-state index >= 15 is 0 Å². The average molecular weight is 166 g/mol. The van der Waals surface area contributed by atoms with Crippen molar-refractivity contribution in [3.8, 4) is 0 Å². The van der Waals surface area contributed by atoms with E-state index in [0.717, 1.165) is 11.1 Å². The number of aliphatic hydroxyl groups excluding tert-OH is 1. The Balaban J connectivity index is 3.07. The molecule has 0 aliphatic carbocycles. The van der Waals surface area contributed by atoms with Crippen molar-refractivity contribution in [1.29, 1.82) is 0 Å². The van der Waals surface area contributed by atoms with Crippen LogP contribution in [0.5, 0.6) is 0 Å². The number of hydrogen-bond acceptors (Lipinski definition) is 3. The zero-order valence-electron chi connectivity index (χ0n) is 7.12. The molecule has 1 rings (SSSR count). The molecule has 5 N–H and O–H groups in total. The lowest BCUT2D eigenvalue weighted by Gasteiger charge is -2.12. The van der Waals surface area contributed by atoms with Gasteiger partial charge in [0.15, 0.2) is 0 Å². The van der Waals surface area contributed by atoms with Gasteiger partial charge in [-0.1, -0.05) is 18.2 Å². The van der Waals surface area contributed by atoms with Gasteiger partial charge in [-0.2, -0.15) is 0 Å². The van der Waals surface area contributed by atoms with Crippen LogP contribution >= 0.6 is 0 Å².